The topological polar surface area (TPSA) is 93.7 Å². The van der Waals surface area contributed by atoms with Crippen LogP contribution in [-0.2, 0) is 16.1 Å². The fraction of sp³-hybridized carbons (Fsp3) is 0.111. The highest BCUT2D eigenvalue weighted by Gasteiger charge is 2.35. The zero-order chi connectivity index (χ0) is 30.5. The highest BCUT2D eigenvalue weighted by atomic mass is 32.1. The van der Waals surface area contributed by atoms with Gasteiger partial charge in [0.05, 0.1) is 40.1 Å². The first kappa shape index (κ1) is 28.6. The minimum absolute atomic E-state index is 0.186. The minimum Gasteiger partial charge on any atom is -0.488 e. The Bertz CT molecular complexity index is 2090. The molecule has 7 nitrogen and oxygen atoms in total. The lowest BCUT2D eigenvalue weighted by Gasteiger charge is -2.25. The number of thiazole rings is 1. The van der Waals surface area contributed by atoms with E-state index in [1.54, 1.807) is 23.6 Å². The third-order valence-corrected chi connectivity index (χ3v) is 8.20. The molecule has 0 amide bonds. The molecule has 5 aromatic rings. The van der Waals surface area contributed by atoms with E-state index in [4.69, 9.17) is 14.5 Å². The Labute approximate surface area is 257 Å². The Hall–Kier alpha value is -5.52. The van der Waals surface area contributed by atoms with Gasteiger partial charge in [0.1, 0.15) is 12.4 Å². The zero-order valence-electron chi connectivity index (χ0n) is 23.8. The smallest absolute Gasteiger partial charge is 0.338 e. The van der Waals surface area contributed by atoms with Crippen LogP contribution in [0.3, 0.4) is 0 Å². The summed E-state index contributed by atoms with van der Waals surface area (Å²) in [5.41, 5.74) is 4.06. The lowest BCUT2D eigenvalue weighted by atomic mass is 9.93. The highest BCUT2D eigenvalue weighted by molar-refractivity contribution is 7.07. The Kier molecular flexibility index (Phi) is 8.30. The minimum atomic E-state index is -0.738. The average Bonchev–Trinajstić information content (AvgIpc) is 3.38. The number of nitriles is 1. The van der Waals surface area contributed by atoms with Crippen molar-refractivity contribution in [2.75, 3.05) is 6.61 Å². The summed E-state index contributed by atoms with van der Waals surface area (Å²) in [7, 11) is 0. The molecule has 4 aromatic carbocycles. The predicted octanol–water partition coefficient (Wildman–Crippen LogP) is 5.39. The molecule has 0 N–H and O–H groups in total. The maximum Gasteiger partial charge on any atom is 0.338 e. The van der Waals surface area contributed by atoms with Crippen molar-refractivity contribution in [2.24, 2.45) is 4.99 Å². The van der Waals surface area contributed by atoms with Crippen molar-refractivity contribution in [3.05, 3.63) is 162 Å². The highest BCUT2D eigenvalue weighted by Crippen LogP contribution is 2.35. The van der Waals surface area contributed by atoms with Crippen LogP contribution in [0.15, 0.2) is 125 Å². The Morgan fingerprint density at radius 1 is 0.955 bits per heavy atom. The molecule has 6 rings (SSSR count). The van der Waals surface area contributed by atoms with Crippen molar-refractivity contribution in [3.63, 3.8) is 0 Å². The first-order valence-electron chi connectivity index (χ1n) is 14.1. The van der Waals surface area contributed by atoms with E-state index in [0.29, 0.717) is 37.5 Å². The SMILES string of the molecule is CCOC(=O)C1=C(c2ccccc2)N=c2s/c(=C\c3ccccc3OCc3ccccc3C#N)c(=O)n2[C@H]1c1ccccc1. The van der Waals surface area contributed by atoms with Crippen LogP contribution in [0, 0.1) is 11.3 Å². The first-order chi connectivity index (χ1) is 21.6. The summed E-state index contributed by atoms with van der Waals surface area (Å²) in [5, 5.41) is 9.47. The van der Waals surface area contributed by atoms with Gasteiger partial charge in [0.2, 0.25) is 0 Å². The van der Waals surface area contributed by atoms with Crippen LogP contribution in [0.1, 0.15) is 40.8 Å². The van der Waals surface area contributed by atoms with Crippen molar-refractivity contribution in [1.29, 1.82) is 5.26 Å². The fourth-order valence-corrected chi connectivity index (χ4v) is 6.17. The molecule has 0 unspecified atom stereocenters. The monoisotopic (exact) mass is 597 g/mol. The van der Waals surface area contributed by atoms with Gasteiger partial charge in [0, 0.05) is 16.7 Å². The molecule has 1 aromatic heterocycles. The summed E-state index contributed by atoms with van der Waals surface area (Å²) in [6.45, 7) is 2.14. The maximum absolute atomic E-state index is 14.2. The molecule has 44 heavy (non-hydrogen) atoms. The second-order valence-corrected chi connectivity index (χ2v) is 10.9. The Balaban J connectivity index is 1.51. The van der Waals surface area contributed by atoms with Crippen LogP contribution in [0.5, 0.6) is 5.75 Å². The van der Waals surface area contributed by atoms with E-state index in [1.165, 1.54) is 11.3 Å². The number of carbonyl (C=O) groups excluding carboxylic acids is 1. The quantitative estimate of drug-likeness (QED) is 0.224. The van der Waals surface area contributed by atoms with Gasteiger partial charge in [-0.25, -0.2) is 9.79 Å². The number of nitrogens with zero attached hydrogens (tertiary/aromatic N) is 3. The molecule has 2 heterocycles. The maximum atomic E-state index is 14.2. The normalized spacial score (nSPS) is 14.4. The summed E-state index contributed by atoms with van der Waals surface area (Å²) >= 11 is 1.25. The van der Waals surface area contributed by atoms with Gasteiger partial charge in [-0.2, -0.15) is 5.26 Å². The third-order valence-electron chi connectivity index (χ3n) is 7.22. The second kappa shape index (κ2) is 12.8. The average molecular weight is 598 g/mol. The van der Waals surface area contributed by atoms with Gasteiger partial charge in [-0.1, -0.05) is 108 Å². The third kappa shape index (κ3) is 5.61. The van der Waals surface area contributed by atoms with Crippen molar-refractivity contribution < 1.29 is 14.3 Å². The van der Waals surface area contributed by atoms with Gasteiger partial charge in [0.25, 0.3) is 5.56 Å². The fourth-order valence-electron chi connectivity index (χ4n) is 5.17. The molecule has 0 aliphatic carbocycles. The Morgan fingerprint density at radius 2 is 1.64 bits per heavy atom. The lowest BCUT2D eigenvalue weighted by Crippen LogP contribution is -2.40. The van der Waals surface area contributed by atoms with E-state index in [1.807, 2.05) is 103 Å². The van der Waals surface area contributed by atoms with Crippen LogP contribution < -0.4 is 19.6 Å². The summed E-state index contributed by atoms with van der Waals surface area (Å²) in [6, 6.07) is 35.1. The van der Waals surface area contributed by atoms with Gasteiger partial charge in [0.15, 0.2) is 4.80 Å². The van der Waals surface area contributed by atoms with E-state index in [2.05, 4.69) is 6.07 Å². The van der Waals surface area contributed by atoms with Gasteiger partial charge >= 0.3 is 5.97 Å². The van der Waals surface area contributed by atoms with Crippen molar-refractivity contribution >= 4 is 29.1 Å². The van der Waals surface area contributed by atoms with E-state index in [0.717, 1.165) is 16.7 Å². The zero-order valence-corrected chi connectivity index (χ0v) is 24.7. The molecule has 0 bridgehead atoms. The van der Waals surface area contributed by atoms with Crippen LogP contribution in [-0.4, -0.2) is 17.1 Å². The summed E-state index contributed by atoms with van der Waals surface area (Å²) < 4.78 is 13.7. The van der Waals surface area contributed by atoms with Gasteiger partial charge in [-0.05, 0) is 30.7 Å². The number of carbonyl (C=O) groups is 1. The van der Waals surface area contributed by atoms with Gasteiger partial charge in [-0.3, -0.25) is 9.36 Å². The van der Waals surface area contributed by atoms with Crippen molar-refractivity contribution in [3.8, 4) is 11.8 Å². The van der Waals surface area contributed by atoms with Crippen LogP contribution >= 0.6 is 11.3 Å². The predicted molar refractivity (Wildman–Crippen MR) is 169 cm³/mol. The number of fused-ring (bicyclic) bond motifs is 1. The van der Waals surface area contributed by atoms with E-state index < -0.39 is 12.0 Å². The van der Waals surface area contributed by atoms with E-state index in [-0.39, 0.29) is 18.8 Å². The molecule has 0 fully saturated rings. The Morgan fingerprint density at radius 3 is 2.39 bits per heavy atom. The molecular formula is C36H27N3O4S. The summed E-state index contributed by atoms with van der Waals surface area (Å²) in [6.07, 6.45) is 1.79. The molecule has 1 aliphatic heterocycles. The molecular weight excluding hydrogens is 570 g/mol. The molecule has 0 saturated heterocycles. The molecule has 1 atom stereocenters. The lowest BCUT2D eigenvalue weighted by molar-refractivity contribution is -0.138. The molecule has 0 saturated carbocycles. The molecule has 0 radical (unpaired) electrons. The number of ether oxygens (including phenoxy) is 2. The number of benzene rings is 4. The van der Waals surface area contributed by atoms with E-state index >= 15 is 0 Å². The molecule has 8 heteroatoms. The number of esters is 1. The molecule has 1 aliphatic rings. The standard InChI is InChI=1S/C36H27N3O4S/c1-2-42-35(41)31-32(24-13-5-3-6-14-24)38-36-39(33(31)25-15-7-4-8-16-25)34(40)30(44-36)21-26-17-11-12-20-29(26)43-23-28-19-10-9-18-27(28)22-37/h3-21,33H,2,23H2,1H3/b30-21-/t33-/m0/s1. The van der Waals surface area contributed by atoms with Gasteiger partial charge in [-0.15, -0.1) is 0 Å². The number of hydrogen-bond donors (Lipinski definition) is 0. The van der Waals surface area contributed by atoms with Crippen LogP contribution in [0.4, 0.5) is 0 Å². The van der Waals surface area contributed by atoms with E-state index in [9.17, 15) is 14.9 Å². The first-order valence-corrected chi connectivity index (χ1v) is 14.9. The summed E-state index contributed by atoms with van der Waals surface area (Å²) in [4.78, 5) is 33.1. The summed E-state index contributed by atoms with van der Waals surface area (Å²) in [5.74, 6) is 0.0532. The van der Waals surface area contributed by atoms with Crippen LogP contribution in [0.25, 0.3) is 11.8 Å². The molecule has 216 valence electrons. The number of para-hydroxylation sites is 1. The van der Waals surface area contributed by atoms with Gasteiger partial charge < -0.3 is 9.47 Å². The number of aromatic nitrogens is 1. The number of hydrogen-bond acceptors (Lipinski definition) is 7. The molecule has 0 spiro atoms. The van der Waals surface area contributed by atoms with Crippen molar-refractivity contribution in [1.82, 2.24) is 4.57 Å². The van der Waals surface area contributed by atoms with Crippen molar-refractivity contribution in [2.45, 2.75) is 19.6 Å². The number of rotatable bonds is 8. The van der Waals surface area contributed by atoms with Crippen LogP contribution in [0.2, 0.25) is 0 Å². The second-order valence-electron chi connectivity index (χ2n) is 9.94. The largest absolute Gasteiger partial charge is 0.488 e.